The summed E-state index contributed by atoms with van der Waals surface area (Å²) in [6.45, 7) is 3.96. The van der Waals surface area contributed by atoms with Crippen LogP contribution in [-0.4, -0.2) is 11.2 Å². The van der Waals surface area contributed by atoms with Crippen molar-refractivity contribution in [3.8, 4) is 0 Å². The SMILES string of the molecule is CC(C)C(O)CCc1cccc(F)c1. The highest BCUT2D eigenvalue weighted by molar-refractivity contribution is 5.16. The highest BCUT2D eigenvalue weighted by Gasteiger charge is 2.08. The van der Waals surface area contributed by atoms with Gasteiger partial charge in [-0.25, -0.2) is 4.39 Å². The number of halogens is 1. The number of hydrogen-bond acceptors (Lipinski definition) is 1. The van der Waals surface area contributed by atoms with E-state index in [2.05, 4.69) is 0 Å². The molecular weight excluding hydrogens is 179 g/mol. The first-order valence-corrected chi connectivity index (χ1v) is 5.02. The maximum absolute atomic E-state index is 12.8. The predicted molar refractivity (Wildman–Crippen MR) is 55.6 cm³/mol. The van der Waals surface area contributed by atoms with Crippen LogP contribution < -0.4 is 0 Å². The van der Waals surface area contributed by atoms with Gasteiger partial charge >= 0.3 is 0 Å². The molecule has 0 saturated carbocycles. The molecule has 1 aromatic carbocycles. The fourth-order valence-electron chi connectivity index (χ4n) is 1.34. The highest BCUT2D eigenvalue weighted by Crippen LogP contribution is 2.11. The van der Waals surface area contributed by atoms with E-state index in [1.807, 2.05) is 19.9 Å². The van der Waals surface area contributed by atoms with Gasteiger partial charge < -0.3 is 5.11 Å². The van der Waals surface area contributed by atoms with Crippen LogP contribution in [0.1, 0.15) is 25.8 Å². The second kappa shape index (κ2) is 5.11. The maximum Gasteiger partial charge on any atom is 0.123 e. The van der Waals surface area contributed by atoms with Gasteiger partial charge in [0.05, 0.1) is 6.10 Å². The summed E-state index contributed by atoms with van der Waals surface area (Å²) < 4.78 is 12.8. The normalized spacial score (nSPS) is 13.2. The molecule has 0 radical (unpaired) electrons. The standard InChI is InChI=1S/C12H17FO/c1-9(2)12(14)7-6-10-4-3-5-11(13)8-10/h3-5,8-9,12,14H,6-7H2,1-2H3. The molecule has 0 aliphatic heterocycles. The third-order valence-corrected chi connectivity index (χ3v) is 2.39. The molecule has 1 unspecified atom stereocenters. The lowest BCUT2D eigenvalue weighted by Gasteiger charge is -2.13. The van der Waals surface area contributed by atoms with Gasteiger partial charge in [-0.15, -0.1) is 0 Å². The molecule has 1 nitrogen and oxygen atoms in total. The van der Waals surface area contributed by atoms with E-state index in [1.165, 1.54) is 12.1 Å². The molecule has 0 amide bonds. The van der Waals surface area contributed by atoms with Gasteiger partial charge in [0.2, 0.25) is 0 Å². The summed E-state index contributed by atoms with van der Waals surface area (Å²) in [5.41, 5.74) is 0.949. The summed E-state index contributed by atoms with van der Waals surface area (Å²) >= 11 is 0. The Morgan fingerprint density at radius 1 is 1.36 bits per heavy atom. The van der Waals surface area contributed by atoms with Gasteiger partial charge in [-0.1, -0.05) is 26.0 Å². The Kier molecular flexibility index (Phi) is 4.08. The Morgan fingerprint density at radius 3 is 2.64 bits per heavy atom. The van der Waals surface area contributed by atoms with Gasteiger partial charge in [-0.2, -0.15) is 0 Å². The van der Waals surface area contributed by atoms with E-state index in [9.17, 15) is 9.50 Å². The Balaban J connectivity index is 2.45. The lowest BCUT2D eigenvalue weighted by Crippen LogP contribution is -2.15. The van der Waals surface area contributed by atoms with Crippen molar-refractivity contribution in [3.05, 3.63) is 35.6 Å². The van der Waals surface area contributed by atoms with Crippen molar-refractivity contribution >= 4 is 0 Å². The molecule has 0 aliphatic carbocycles. The molecule has 0 aromatic heterocycles. The first-order valence-electron chi connectivity index (χ1n) is 5.02. The van der Waals surface area contributed by atoms with Crippen molar-refractivity contribution in [2.75, 3.05) is 0 Å². The van der Waals surface area contributed by atoms with Crippen LogP contribution in [0.2, 0.25) is 0 Å². The van der Waals surface area contributed by atoms with Crippen LogP contribution in [0.3, 0.4) is 0 Å². The minimum atomic E-state index is -0.293. The number of aryl methyl sites for hydroxylation is 1. The summed E-state index contributed by atoms with van der Waals surface area (Å²) in [7, 11) is 0. The van der Waals surface area contributed by atoms with Crippen molar-refractivity contribution < 1.29 is 9.50 Å². The van der Waals surface area contributed by atoms with Gasteiger partial charge in [0.15, 0.2) is 0 Å². The summed E-state index contributed by atoms with van der Waals surface area (Å²) in [5, 5.41) is 9.56. The molecule has 14 heavy (non-hydrogen) atoms. The lowest BCUT2D eigenvalue weighted by atomic mass is 9.99. The van der Waals surface area contributed by atoms with E-state index in [4.69, 9.17) is 0 Å². The molecule has 0 saturated heterocycles. The number of aliphatic hydroxyl groups is 1. The number of benzene rings is 1. The van der Waals surface area contributed by atoms with Crippen molar-refractivity contribution in [2.45, 2.75) is 32.8 Å². The molecule has 2 heteroatoms. The van der Waals surface area contributed by atoms with Gasteiger partial charge in [0, 0.05) is 0 Å². The van der Waals surface area contributed by atoms with Crippen LogP contribution in [0.15, 0.2) is 24.3 Å². The Morgan fingerprint density at radius 2 is 2.07 bits per heavy atom. The van der Waals surface area contributed by atoms with E-state index in [1.54, 1.807) is 6.07 Å². The zero-order valence-electron chi connectivity index (χ0n) is 8.70. The summed E-state index contributed by atoms with van der Waals surface area (Å²) in [5.74, 6) is 0.0603. The summed E-state index contributed by atoms with van der Waals surface area (Å²) in [6.07, 6.45) is 1.14. The molecule has 0 bridgehead atoms. The Bertz CT molecular complexity index is 283. The van der Waals surface area contributed by atoms with Crippen LogP contribution in [0.25, 0.3) is 0 Å². The van der Waals surface area contributed by atoms with Crippen LogP contribution in [-0.2, 0) is 6.42 Å². The fraction of sp³-hybridized carbons (Fsp3) is 0.500. The third kappa shape index (κ3) is 3.46. The van der Waals surface area contributed by atoms with Gasteiger partial charge in [0.1, 0.15) is 5.82 Å². The summed E-state index contributed by atoms with van der Waals surface area (Å²) in [4.78, 5) is 0. The largest absolute Gasteiger partial charge is 0.393 e. The number of rotatable bonds is 4. The number of hydrogen-bond donors (Lipinski definition) is 1. The Hall–Kier alpha value is -0.890. The van der Waals surface area contributed by atoms with E-state index in [0.29, 0.717) is 6.42 Å². The van der Waals surface area contributed by atoms with E-state index >= 15 is 0 Å². The molecule has 78 valence electrons. The molecule has 1 aromatic rings. The second-order valence-corrected chi connectivity index (χ2v) is 3.98. The quantitative estimate of drug-likeness (QED) is 0.785. The lowest BCUT2D eigenvalue weighted by molar-refractivity contribution is 0.116. The monoisotopic (exact) mass is 196 g/mol. The van der Waals surface area contributed by atoms with Crippen LogP contribution in [0.4, 0.5) is 4.39 Å². The van der Waals surface area contributed by atoms with Crippen molar-refractivity contribution in [1.29, 1.82) is 0 Å². The minimum Gasteiger partial charge on any atom is -0.393 e. The maximum atomic E-state index is 12.8. The average molecular weight is 196 g/mol. The van der Waals surface area contributed by atoms with Crippen LogP contribution >= 0.6 is 0 Å². The predicted octanol–water partition coefficient (Wildman–Crippen LogP) is 2.78. The van der Waals surface area contributed by atoms with Gasteiger partial charge in [-0.3, -0.25) is 0 Å². The van der Waals surface area contributed by atoms with E-state index in [0.717, 1.165) is 12.0 Å². The molecule has 1 rings (SSSR count). The molecule has 0 fully saturated rings. The van der Waals surface area contributed by atoms with E-state index in [-0.39, 0.29) is 17.8 Å². The van der Waals surface area contributed by atoms with Crippen molar-refractivity contribution in [1.82, 2.24) is 0 Å². The summed E-state index contributed by atoms with van der Waals surface area (Å²) in [6, 6.07) is 6.54. The molecular formula is C12H17FO. The highest BCUT2D eigenvalue weighted by atomic mass is 19.1. The average Bonchev–Trinajstić information content (AvgIpc) is 2.14. The van der Waals surface area contributed by atoms with Gasteiger partial charge in [-0.05, 0) is 36.5 Å². The first kappa shape index (κ1) is 11.2. The molecule has 1 N–H and O–H groups in total. The van der Waals surface area contributed by atoms with Gasteiger partial charge in [0.25, 0.3) is 0 Å². The topological polar surface area (TPSA) is 20.2 Å². The zero-order valence-corrected chi connectivity index (χ0v) is 8.70. The zero-order chi connectivity index (χ0) is 10.6. The Labute approximate surface area is 84.6 Å². The smallest absolute Gasteiger partial charge is 0.123 e. The number of aliphatic hydroxyl groups excluding tert-OH is 1. The third-order valence-electron chi connectivity index (χ3n) is 2.39. The first-order chi connectivity index (χ1) is 6.59. The van der Waals surface area contributed by atoms with E-state index < -0.39 is 0 Å². The molecule has 0 heterocycles. The molecule has 0 spiro atoms. The fourth-order valence-corrected chi connectivity index (χ4v) is 1.34. The van der Waals surface area contributed by atoms with Crippen LogP contribution in [0, 0.1) is 11.7 Å². The second-order valence-electron chi connectivity index (χ2n) is 3.98. The minimum absolute atomic E-state index is 0.207. The van der Waals surface area contributed by atoms with Crippen molar-refractivity contribution in [3.63, 3.8) is 0 Å². The molecule has 0 aliphatic rings. The van der Waals surface area contributed by atoms with Crippen molar-refractivity contribution in [2.24, 2.45) is 5.92 Å². The van der Waals surface area contributed by atoms with Crippen LogP contribution in [0.5, 0.6) is 0 Å². The molecule has 1 atom stereocenters.